The number of halogens is 1. The van der Waals surface area contributed by atoms with E-state index in [-0.39, 0.29) is 17.8 Å². The van der Waals surface area contributed by atoms with Gasteiger partial charge in [0.2, 0.25) is 0 Å². The highest BCUT2D eigenvalue weighted by atomic mass is 35.5. The topological polar surface area (TPSA) is 68.0 Å². The van der Waals surface area contributed by atoms with E-state index in [1.54, 1.807) is 0 Å². The van der Waals surface area contributed by atoms with Gasteiger partial charge in [-0.2, -0.15) is 0 Å². The number of rotatable bonds is 5. The molecule has 1 aromatic rings. The lowest BCUT2D eigenvalue weighted by Crippen LogP contribution is -2.32. The Morgan fingerprint density at radius 2 is 2.35 bits per heavy atom. The molecule has 1 heterocycles. The predicted molar refractivity (Wildman–Crippen MR) is 70.1 cm³/mol. The minimum Gasteiger partial charge on any atom is -0.382 e. The molecule has 0 bridgehead atoms. The molecule has 0 fully saturated rings. The summed E-state index contributed by atoms with van der Waals surface area (Å²) in [5.74, 6) is 0.0743. The quantitative estimate of drug-likeness (QED) is 0.850. The van der Waals surface area contributed by atoms with Crippen molar-refractivity contribution >= 4 is 23.3 Å². The van der Waals surface area contributed by atoms with Crippen LogP contribution in [0.15, 0.2) is 12.3 Å². The molecule has 1 aromatic heterocycles. The van der Waals surface area contributed by atoms with E-state index in [4.69, 9.17) is 17.3 Å². The summed E-state index contributed by atoms with van der Waals surface area (Å²) < 4.78 is 0. The zero-order valence-electron chi connectivity index (χ0n) is 10.2. The van der Waals surface area contributed by atoms with Crippen molar-refractivity contribution in [3.63, 3.8) is 0 Å². The number of carbonyl (C=O) groups is 1. The molecule has 17 heavy (non-hydrogen) atoms. The monoisotopic (exact) mass is 255 g/mol. The Balaban J connectivity index is 2.60. The third kappa shape index (κ3) is 4.23. The molecule has 0 spiro atoms. The summed E-state index contributed by atoms with van der Waals surface area (Å²) in [5, 5.41) is 3.20. The van der Waals surface area contributed by atoms with Crippen LogP contribution in [0, 0.1) is 0 Å². The van der Waals surface area contributed by atoms with Gasteiger partial charge in [-0.25, -0.2) is 4.98 Å². The Bertz CT molecular complexity index is 395. The highest BCUT2D eigenvalue weighted by Gasteiger charge is 2.11. The minimum absolute atomic E-state index is 0.152. The Labute approximate surface area is 107 Å². The molecule has 94 valence electrons. The van der Waals surface area contributed by atoms with Gasteiger partial charge in [0, 0.05) is 12.2 Å². The smallest absolute Gasteiger partial charge is 0.253 e. The molecular weight excluding hydrogens is 238 g/mol. The number of nitrogens with zero attached hydrogens (tertiary/aromatic N) is 1. The third-order valence-corrected chi connectivity index (χ3v) is 2.80. The molecule has 0 aliphatic heterocycles. The molecule has 0 radical (unpaired) electrons. The zero-order valence-corrected chi connectivity index (χ0v) is 10.9. The second-order valence-electron chi connectivity index (χ2n) is 4.11. The number of pyridine rings is 1. The van der Waals surface area contributed by atoms with Crippen LogP contribution in [0.3, 0.4) is 0 Å². The van der Waals surface area contributed by atoms with E-state index in [1.165, 1.54) is 12.3 Å². The van der Waals surface area contributed by atoms with Crippen LogP contribution < -0.4 is 11.1 Å². The first-order valence-corrected chi connectivity index (χ1v) is 6.14. The third-order valence-electron chi connectivity index (χ3n) is 2.50. The summed E-state index contributed by atoms with van der Waals surface area (Å²) in [5.41, 5.74) is 5.92. The summed E-state index contributed by atoms with van der Waals surface area (Å²) in [6.45, 7) is 4.11. The normalized spacial score (nSPS) is 12.2. The number of nitrogens with one attached hydrogen (secondary N) is 1. The zero-order chi connectivity index (χ0) is 12.8. The second kappa shape index (κ2) is 6.45. The van der Waals surface area contributed by atoms with Gasteiger partial charge in [-0.1, -0.05) is 31.4 Å². The van der Waals surface area contributed by atoms with E-state index in [0.29, 0.717) is 10.6 Å². The van der Waals surface area contributed by atoms with Crippen molar-refractivity contribution in [3.8, 4) is 0 Å². The maximum Gasteiger partial charge on any atom is 0.253 e. The summed E-state index contributed by atoms with van der Waals surface area (Å²) >= 11 is 5.81. The van der Waals surface area contributed by atoms with Gasteiger partial charge in [0.25, 0.3) is 5.91 Å². The fourth-order valence-electron chi connectivity index (χ4n) is 1.46. The molecule has 1 unspecified atom stereocenters. The van der Waals surface area contributed by atoms with Crippen LogP contribution in [0.2, 0.25) is 5.02 Å². The number of nitrogens with two attached hydrogens (primary N) is 1. The molecular formula is C12H18ClN3O. The summed E-state index contributed by atoms with van der Waals surface area (Å²) in [6, 6.07) is 1.69. The Hall–Kier alpha value is -1.29. The molecule has 1 atom stereocenters. The van der Waals surface area contributed by atoms with Gasteiger partial charge >= 0.3 is 0 Å². The molecule has 0 aliphatic rings. The van der Waals surface area contributed by atoms with E-state index < -0.39 is 0 Å². The molecule has 0 aromatic carbocycles. The average molecular weight is 256 g/mol. The van der Waals surface area contributed by atoms with Crippen LogP contribution in [0.5, 0.6) is 0 Å². The number of unbranched alkanes of at least 4 members (excludes halogenated alkanes) is 1. The lowest BCUT2D eigenvalue weighted by Gasteiger charge is -2.13. The molecule has 0 saturated carbocycles. The van der Waals surface area contributed by atoms with E-state index >= 15 is 0 Å². The summed E-state index contributed by atoms with van der Waals surface area (Å²) in [6.07, 6.45) is 4.62. The Morgan fingerprint density at radius 1 is 1.65 bits per heavy atom. The fraction of sp³-hybridized carbons (Fsp3) is 0.500. The van der Waals surface area contributed by atoms with Crippen LogP contribution in [-0.4, -0.2) is 16.9 Å². The average Bonchev–Trinajstić information content (AvgIpc) is 2.30. The number of aromatic nitrogens is 1. The lowest BCUT2D eigenvalue weighted by molar-refractivity contribution is 0.0937. The van der Waals surface area contributed by atoms with Crippen molar-refractivity contribution in [2.45, 2.75) is 39.2 Å². The van der Waals surface area contributed by atoms with Crippen molar-refractivity contribution in [1.82, 2.24) is 10.3 Å². The van der Waals surface area contributed by atoms with Gasteiger partial charge in [-0.3, -0.25) is 4.79 Å². The van der Waals surface area contributed by atoms with E-state index in [1.807, 2.05) is 6.92 Å². The summed E-state index contributed by atoms with van der Waals surface area (Å²) in [7, 11) is 0. The van der Waals surface area contributed by atoms with Gasteiger partial charge in [0.15, 0.2) is 0 Å². The number of amides is 1. The largest absolute Gasteiger partial charge is 0.382 e. The van der Waals surface area contributed by atoms with E-state index in [2.05, 4.69) is 17.2 Å². The second-order valence-corrected chi connectivity index (χ2v) is 4.51. The van der Waals surface area contributed by atoms with Crippen molar-refractivity contribution in [1.29, 1.82) is 0 Å². The van der Waals surface area contributed by atoms with Crippen molar-refractivity contribution in [3.05, 3.63) is 22.8 Å². The van der Waals surface area contributed by atoms with Gasteiger partial charge in [0.05, 0.1) is 10.6 Å². The lowest BCUT2D eigenvalue weighted by atomic mass is 10.1. The highest BCUT2D eigenvalue weighted by molar-refractivity contribution is 6.33. The van der Waals surface area contributed by atoms with Crippen molar-refractivity contribution < 1.29 is 4.79 Å². The van der Waals surface area contributed by atoms with Crippen molar-refractivity contribution in [2.24, 2.45) is 0 Å². The summed E-state index contributed by atoms with van der Waals surface area (Å²) in [4.78, 5) is 15.7. The van der Waals surface area contributed by atoms with Crippen LogP contribution in [0.4, 0.5) is 5.82 Å². The number of carbonyl (C=O) groups excluding carboxylic acids is 1. The van der Waals surface area contributed by atoms with Crippen molar-refractivity contribution in [2.75, 3.05) is 5.73 Å². The number of anilines is 1. The van der Waals surface area contributed by atoms with E-state index in [9.17, 15) is 4.79 Å². The number of hydrogen-bond donors (Lipinski definition) is 2. The highest BCUT2D eigenvalue weighted by Crippen LogP contribution is 2.16. The molecule has 0 saturated heterocycles. The first-order chi connectivity index (χ1) is 8.04. The molecule has 5 heteroatoms. The Morgan fingerprint density at radius 3 is 2.94 bits per heavy atom. The maximum atomic E-state index is 11.8. The van der Waals surface area contributed by atoms with Gasteiger partial charge in [-0.05, 0) is 19.4 Å². The standard InChI is InChI=1S/C12H18ClN3O/c1-3-4-5-8(2)16-12(17)9-6-10(13)11(14)15-7-9/h6-8H,3-5H2,1-2H3,(H2,14,15)(H,16,17). The SMILES string of the molecule is CCCCC(C)NC(=O)c1cnc(N)c(Cl)c1. The molecule has 0 aliphatic carbocycles. The fourth-order valence-corrected chi connectivity index (χ4v) is 1.63. The van der Waals surface area contributed by atoms with Crippen LogP contribution in [0.25, 0.3) is 0 Å². The van der Waals surface area contributed by atoms with Gasteiger partial charge in [0.1, 0.15) is 5.82 Å². The first kappa shape index (κ1) is 13.8. The number of nitrogen functional groups attached to an aromatic ring is 1. The number of hydrogen-bond acceptors (Lipinski definition) is 3. The molecule has 3 N–H and O–H groups in total. The van der Waals surface area contributed by atoms with Crippen LogP contribution in [-0.2, 0) is 0 Å². The first-order valence-electron chi connectivity index (χ1n) is 5.76. The minimum atomic E-state index is -0.164. The predicted octanol–water partition coefficient (Wildman–Crippen LogP) is 2.63. The molecule has 1 rings (SSSR count). The van der Waals surface area contributed by atoms with Gasteiger partial charge in [-0.15, -0.1) is 0 Å². The maximum absolute atomic E-state index is 11.8. The van der Waals surface area contributed by atoms with Crippen LogP contribution in [0.1, 0.15) is 43.5 Å². The Kier molecular flexibility index (Phi) is 5.22. The van der Waals surface area contributed by atoms with E-state index in [0.717, 1.165) is 19.3 Å². The van der Waals surface area contributed by atoms with Gasteiger partial charge < -0.3 is 11.1 Å². The molecule has 1 amide bonds. The van der Waals surface area contributed by atoms with Crippen LogP contribution >= 0.6 is 11.6 Å². The molecule has 4 nitrogen and oxygen atoms in total.